The number of hydrogen-bond acceptors (Lipinski definition) is 4. The molecule has 2 N–H and O–H groups in total. The second kappa shape index (κ2) is 5.35. The van der Waals surface area contributed by atoms with Gasteiger partial charge in [0.25, 0.3) is 0 Å². The van der Waals surface area contributed by atoms with Crippen molar-refractivity contribution in [1.82, 2.24) is 19.5 Å². The second-order valence-electron chi connectivity index (χ2n) is 5.63. The highest BCUT2D eigenvalue weighted by molar-refractivity contribution is 6.31. The lowest BCUT2D eigenvalue weighted by molar-refractivity contribution is 0.101. The van der Waals surface area contributed by atoms with Crippen LogP contribution in [0.15, 0.2) is 36.4 Å². The van der Waals surface area contributed by atoms with Crippen LogP contribution in [-0.4, -0.2) is 25.3 Å². The molecule has 0 aliphatic heterocycles. The van der Waals surface area contributed by atoms with E-state index in [0.29, 0.717) is 22.5 Å². The van der Waals surface area contributed by atoms with E-state index in [1.54, 1.807) is 25.1 Å². The highest BCUT2D eigenvalue weighted by Crippen LogP contribution is 2.24. The Morgan fingerprint density at radius 1 is 1.17 bits per heavy atom. The number of halogens is 1. The average molecular weight is 340 g/mol. The summed E-state index contributed by atoms with van der Waals surface area (Å²) in [6.45, 7) is 1.54. The smallest absolute Gasteiger partial charge is 0.210 e. The number of carbonyl (C=O) groups is 1. The van der Waals surface area contributed by atoms with Gasteiger partial charge in [0.15, 0.2) is 5.78 Å². The number of nitrogens with zero attached hydrogens (tertiary/aromatic N) is 3. The number of fused-ring (bicyclic) bond motifs is 2. The summed E-state index contributed by atoms with van der Waals surface area (Å²) < 4.78 is 1.92. The van der Waals surface area contributed by atoms with Gasteiger partial charge >= 0.3 is 0 Å². The lowest BCUT2D eigenvalue weighted by atomic mass is 10.1. The van der Waals surface area contributed by atoms with Crippen LogP contribution in [0.1, 0.15) is 17.3 Å². The number of carbonyl (C=O) groups excluding carboxylic acids is 1. The van der Waals surface area contributed by atoms with Crippen molar-refractivity contribution in [3.05, 3.63) is 47.0 Å². The van der Waals surface area contributed by atoms with Crippen molar-refractivity contribution >= 4 is 51.3 Å². The van der Waals surface area contributed by atoms with Gasteiger partial charge in [-0.25, -0.2) is 9.97 Å². The summed E-state index contributed by atoms with van der Waals surface area (Å²) >= 11 is 5.99. The van der Waals surface area contributed by atoms with Gasteiger partial charge in [0, 0.05) is 17.6 Å². The van der Waals surface area contributed by atoms with Crippen LogP contribution in [0.5, 0.6) is 0 Å². The molecular formula is C17H14ClN5O. The van der Waals surface area contributed by atoms with Crippen molar-refractivity contribution in [3.63, 3.8) is 0 Å². The summed E-state index contributed by atoms with van der Waals surface area (Å²) in [5, 5.41) is 3.83. The minimum Gasteiger partial charge on any atom is -0.324 e. The average Bonchev–Trinajstić information content (AvgIpc) is 3.08. The predicted molar refractivity (Wildman–Crippen MR) is 95.1 cm³/mol. The lowest BCUT2D eigenvalue weighted by Gasteiger charge is -2.02. The number of H-pyrrole nitrogens is 1. The molecule has 4 aromatic rings. The molecule has 0 bridgehead atoms. The Labute approximate surface area is 142 Å². The molecule has 0 fully saturated rings. The summed E-state index contributed by atoms with van der Waals surface area (Å²) in [5.74, 6) is 1.24. The standard InChI is InChI=1S/C17H14ClN5O/c1-9(24)10-3-6-15-14(7-10)21-17(23(15)2)22-16-19-12-5-4-11(18)8-13(12)20-16/h3-8H,1-2H3,(H2,19,20,21,22). The molecule has 0 unspecified atom stereocenters. The van der Waals surface area contributed by atoms with Gasteiger partial charge in [-0.05, 0) is 43.3 Å². The first-order chi connectivity index (χ1) is 11.5. The third-order valence-electron chi connectivity index (χ3n) is 3.96. The molecule has 0 atom stereocenters. The molecule has 2 heterocycles. The van der Waals surface area contributed by atoms with Crippen molar-refractivity contribution in [3.8, 4) is 0 Å². The fourth-order valence-corrected chi connectivity index (χ4v) is 2.85. The summed E-state index contributed by atoms with van der Waals surface area (Å²) in [4.78, 5) is 23.7. The Bertz CT molecular complexity index is 1100. The molecule has 0 saturated heterocycles. The van der Waals surface area contributed by atoms with Crippen LogP contribution < -0.4 is 5.32 Å². The van der Waals surface area contributed by atoms with Crippen molar-refractivity contribution < 1.29 is 4.79 Å². The molecule has 24 heavy (non-hydrogen) atoms. The third-order valence-corrected chi connectivity index (χ3v) is 4.20. The Kier molecular flexibility index (Phi) is 3.28. The van der Waals surface area contributed by atoms with Crippen LogP contribution in [0.3, 0.4) is 0 Å². The molecule has 6 nitrogen and oxygen atoms in total. The predicted octanol–water partition coefficient (Wildman–Crippen LogP) is 4.05. The van der Waals surface area contributed by atoms with E-state index >= 15 is 0 Å². The van der Waals surface area contributed by atoms with Gasteiger partial charge in [0.2, 0.25) is 11.9 Å². The molecule has 120 valence electrons. The summed E-state index contributed by atoms with van der Waals surface area (Å²) in [6.07, 6.45) is 0. The Morgan fingerprint density at radius 3 is 2.79 bits per heavy atom. The van der Waals surface area contributed by atoms with Crippen LogP contribution in [0.4, 0.5) is 11.9 Å². The van der Waals surface area contributed by atoms with E-state index in [-0.39, 0.29) is 5.78 Å². The maximum atomic E-state index is 11.5. The molecule has 4 rings (SSSR count). The number of nitrogens with one attached hydrogen (secondary N) is 2. The normalized spacial score (nSPS) is 11.3. The SMILES string of the molecule is CC(=O)c1ccc2c(c1)nc(Nc1nc3ccc(Cl)cc3[nH]1)n2C. The number of hydrogen-bond donors (Lipinski definition) is 2. The topological polar surface area (TPSA) is 75.6 Å². The van der Waals surface area contributed by atoms with Crippen molar-refractivity contribution in [2.45, 2.75) is 6.92 Å². The van der Waals surface area contributed by atoms with Crippen molar-refractivity contribution in [2.24, 2.45) is 7.05 Å². The molecule has 2 aromatic carbocycles. The Morgan fingerprint density at radius 2 is 2.00 bits per heavy atom. The fraction of sp³-hybridized carbons (Fsp3) is 0.118. The van der Waals surface area contributed by atoms with Gasteiger partial charge < -0.3 is 9.55 Å². The molecule has 0 spiro atoms. The number of imidazole rings is 2. The van der Waals surface area contributed by atoms with Gasteiger partial charge in [0.1, 0.15) is 0 Å². The van der Waals surface area contributed by atoms with Gasteiger partial charge in [-0.1, -0.05) is 11.6 Å². The van der Waals surface area contributed by atoms with Gasteiger partial charge in [-0.2, -0.15) is 0 Å². The van der Waals surface area contributed by atoms with Crippen LogP contribution in [-0.2, 0) is 7.05 Å². The third kappa shape index (κ3) is 2.41. The maximum Gasteiger partial charge on any atom is 0.210 e. The van der Waals surface area contributed by atoms with Crippen molar-refractivity contribution in [2.75, 3.05) is 5.32 Å². The molecule has 7 heteroatoms. The zero-order chi connectivity index (χ0) is 16.8. The number of rotatable bonds is 3. The minimum absolute atomic E-state index is 0.0197. The fourth-order valence-electron chi connectivity index (χ4n) is 2.68. The van der Waals surface area contributed by atoms with E-state index < -0.39 is 0 Å². The van der Waals surface area contributed by atoms with Crippen LogP contribution in [0.25, 0.3) is 22.1 Å². The number of Topliss-reactive ketones (excluding diaryl/α,β-unsaturated/α-hetero) is 1. The summed E-state index contributed by atoms with van der Waals surface area (Å²) in [7, 11) is 1.91. The van der Waals surface area contributed by atoms with E-state index in [1.807, 2.05) is 29.8 Å². The molecule has 2 aromatic heterocycles. The zero-order valence-electron chi connectivity index (χ0n) is 13.1. The van der Waals surface area contributed by atoms with Gasteiger partial charge in [-0.3, -0.25) is 10.1 Å². The highest BCUT2D eigenvalue weighted by atomic mass is 35.5. The number of aryl methyl sites for hydroxylation is 1. The van der Waals surface area contributed by atoms with Crippen LogP contribution >= 0.6 is 11.6 Å². The van der Waals surface area contributed by atoms with E-state index in [2.05, 4.69) is 20.3 Å². The monoisotopic (exact) mass is 339 g/mol. The number of aromatic amines is 1. The zero-order valence-corrected chi connectivity index (χ0v) is 13.8. The van der Waals surface area contributed by atoms with Gasteiger partial charge in [-0.15, -0.1) is 0 Å². The molecule has 0 aliphatic rings. The molecule has 0 aliphatic carbocycles. The second-order valence-corrected chi connectivity index (χ2v) is 6.06. The molecule has 0 saturated carbocycles. The Balaban J connectivity index is 1.75. The van der Waals surface area contributed by atoms with E-state index in [4.69, 9.17) is 11.6 Å². The van der Waals surface area contributed by atoms with Crippen LogP contribution in [0, 0.1) is 0 Å². The van der Waals surface area contributed by atoms with E-state index in [0.717, 1.165) is 22.1 Å². The molecule has 0 radical (unpaired) electrons. The summed E-state index contributed by atoms with van der Waals surface area (Å²) in [6, 6.07) is 11.0. The van der Waals surface area contributed by atoms with E-state index in [9.17, 15) is 4.79 Å². The first-order valence-electron chi connectivity index (χ1n) is 7.41. The lowest BCUT2D eigenvalue weighted by Crippen LogP contribution is -2.00. The first kappa shape index (κ1) is 14.7. The number of ketones is 1. The molecular weight excluding hydrogens is 326 g/mol. The highest BCUT2D eigenvalue weighted by Gasteiger charge is 2.12. The van der Waals surface area contributed by atoms with E-state index in [1.165, 1.54) is 0 Å². The Hall–Kier alpha value is -2.86. The number of benzene rings is 2. The first-order valence-corrected chi connectivity index (χ1v) is 7.79. The largest absolute Gasteiger partial charge is 0.324 e. The quantitative estimate of drug-likeness (QED) is 0.552. The number of anilines is 2. The summed E-state index contributed by atoms with van der Waals surface area (Å²) in [5.41, 5.74) is 4.00. The minimum atomic E-state index is 0.0197. The molecule has 0 amide bonds. The number of aromatic nitrogens is 4. The van der Waals surface area contributed by atoms with Gasteiger partial charge in [0.05, 0.1) is 22.1 Å². The van der Waals surface area contributed by atoms with Crippen molar-refractivity contribution in [1.29, 1.82) is 0 Å². The van der Waals surface area contributed by atoms with Crippen LogP contribution in [0.2, 0.25) is 5.02 Å². The maximum absolute atomic E-state index is 11.5.